The Labute approximate surface area is 66.6 Å². The molecule has 0 bridgehead atoms. The summed E-state index contributed by atoms with van der Waals surface area (Å²) in [6.07, 6.45) is 10.8. The summed E-state index contributed by atoms with van der Waals surface area (Å²) in [7, 11) is 4.94. The summed E-state index contributed by atoms with van der Waals surface area (Å²) in [4.78, 5) is 0. The van der Waals surface area contributed by atoms with E-state index in [2.05, 4.69) is 39.0 Å². The zero-order valence-corrected chi connectivity index (χ0v) is 7.14. The lowest BCUT2D eigenvalue weighted by Crippen LogP contribution is -1.98. The van der Waals surface area contributed by atoms with Crippen molar-refractivity contribution in [1.29, 1.82) is 0 Å². The maximum absolute atomic E-state index is 2.21. The molecule has 0 aliphatic heterocycles. The molecule has 1 aliphatic rings. The van der Waals surface area contributed by atoms with Crippen LogP contribution in [-0.4, -0.2) is 22.0 Å². The van der Waals surface area contributed by atoms with E-state index >= 15 is 0 Å². The largest absolute Gasteiger partial charge is 0.0881 e. The molecule has 3 heteroatoms. The van der Waals surface area contributed by atoms with Gasteiger partial charge in [-0.05, 0) is 6.42 Å². The second-order valence-corrected chi connectivity index (χ2v) is 2.45. The van der Waals surface area contributed by atoms with Crippen LogP contribution >= 0.6 is 0 Å². The molecule has 0 radical (unpaired) electrons. The Morgan fingerprint density at radius 2 is 2.00 bits per heavy atom. The monoisotopic (exact) mass is 132 g/mol. The minimum atomic E-state index is 1.14. The van der Waals surface area contributed by atoms with Crippen molar-refractivity contribution in [3.63, 3.8) is 0 Å². The molecular formula is C7H15B3. The van der Waals surface area contributed by atoms with Crippen LogP contribution in [0.2, 0.25) is 6.32 Å². The normalized spacial score (nSPS) is 12.1. The summed E-state index contributed by atoms with van der Waals surface area (Å²) in [6.45, 7) is 2.21. The van der Waals surface area contributed by atoms with Crippen molar-refractivity contribution in [2.75, 3.05) is 0 Å². The summed E-state index contributed by atoms with van der Waals surface area (Å²) in [6, 6.07) is 0. The van der Waals surface area contributed by atoms with Gasteiger partial charge in [-0.1, -0.05) is 37.5 Å². The van der Waals surface area contributed by atoms with Crippen LogP contribution in [0.1, 0.15) is 13.3 Å². The number of hydrogen-bond acceptors (Lipinski definition) is 0. The highest BCUT2D eigenvalue weighted by Gasteiger charge is 1.75. The van der Waals surface area contributed by atoms with E-state index in [4.69, 9.17) is 0 Å². The van der Waals surface area contributed by atoms with Gasteiger partial charge in [0.2, 0.25) is 0 Å². The van der Waals surface area contributed by atoms with Crippen LogP contribution in [0.15, 0.2) is 24.3 Å². The van der Waals surface area contributed by atoms with Crippen molar-refractivity contribution in [3.05, 3.63) is 24.3 Å². The van der Waals surface area contributed by atoms with Crippen molar-refractivity contribution in [1.82, 2.24) is 0 Å². The fourth-order valence-corrected chi connectivity index (χ4v) is 0.746. The molecule has 0 nitrogen and oxygen atoms in total. The second-order valence-electron chi connectivity index (χ2n) is 2.45. The van der Waals surface area contributed by atoms with E-state index < -0.39 is 0 Å². The third-order valence-electron chi connectivity index (χ3n) is 1.36. The summed E-state index contributed by atoms with van der Waals surface area (Å²) in [5.74, 6) is 0. The quantitative estimate of drug-likeness (QED) is 0.472. The SMILES string of the molecule is BBBCC.C1=CCC=C1. The van der Waals surface area contributed by atoms with Gasteiger partial charge in [0.15, 0.2) is 0 Å². The second kappa shape index (κ2) is 8.67. The molecular weight excluding hydrogens is 117 g/mol. The van der Waals surface area contributed by atoms with E-state index in [1.165, 1.54) is 20.6 Å². The zero-order chi connectivity index (χ0) is 7.66. The van der Waals surface area contributed by atoms with Crippen LogP contribution in [0.5, 0.6) is 0 Å². The molecule has 0 heterocycles. The molecule has 0 aromatic carbocycles. The van der Waals surface area contributed by atoms with Crippen molar-refractivity contribution < 1.29 is 0 Å². The third kappa shape index (κ3) is 7.67. The lowest BCUT2D eigenvalue weighted by molar-refractivity contribution is 1.45. The van der Waals surface area contributed by atoms with Crippen LogP contribution in [0.25, 0.3) is 0 Å². The van der Waals surface area contributed by atoms with Crippen molar-refractivity contribution >= 4 is 22.0 Å². The molecule has 1 rings (SSSR count). The van der Waals surface area contributed by atoms with Crippen molar-refractivity contribution in [2.24, 2.45) is 0 Å². The van der Waals surface area contributed by atoms with Gasteiger partial charge in [0.25, 0.3) is 0 Å². The van der Waals surface area contributed by atoms with Crippen LogP contribution < -0.4 is 0 Å². The molecule has 0 aromatic rings. The standard InChI is InChI=1S/C5H6.C2H9B3/c1-2-4-5-3-1;1-2-4-5-3/h1-4H,5H2;4-5H,2-3H2,1H3. The molecule has 0 amide bonds. The fourth-order valence-electron chi connectivity index (χ4n) is 0.746. The van der Waals surface area contributed by atoms with Gasteiger partial charge in [-0.15, -0.1) is 0 Å². The van der Waals surface area contributed by atoms with E-state index in [0.29, 0.717) is 0 Å². The lowest BCUT2D eigenvalue weighted by atomic mass is 9.27. The molecule has 52 valence electrons. The third-order valence-corrected chi connectivity index (χ3v) is 1.36. The Morgan fingerprint density at radius 1 is 1.40 bits per heavy atom. The topological polar surface area (TPSA) is 0 Å². The average molecular weight is 132 g/mol. The summed E-state index contributed by atoms with van der Waals surface area (Å²) in [5.41, 5.74) is 0. The first kappa shape index (κ1) is 9.67. The van der Waals surface area contributed by atoms with E-state index in [1.54, 1.807) is 0 Å². The first-order chi connectivity index (χ1) is 4.91. The minimum Gasteiger partial charge on any atom is -0.0881 e. The Hall–Kier alpha value is -0.325. The van der Waals surface area contributed by atoms with Crippen LogP contribution in [0.4, 0.5) is 0 Å². The minimum absolute atomic E-state index is 1.14. The van der Waals surface area contributed by atoms with Gasteiger partial charge in [-0.2, -0.15) is 0 Å². The van der Waals surface area contributed by atoms with Gasteiger partial charge in [0, 0.05) is 0 Å². The smallest absolute Gasteiger partial charge is 0.0776 e. The fraction of sp³-hybridized carbons (Fsp3) is 0.429. The molecule has 0 N–H and O–H groups in total. The molecule has 0 spiro atoms. The Kier molecular flexibility index (Phi) is 8.39. The van der Waals surface area contributed by atoms with Gasteiger partial charge in [0.05, 0.1) is 22.0 Å². The lowest BCUT2D eigenvalue weighted by Gasteiger charge is -1.72. The predicted molar refractivity (Wildman–Crippen MR) is 56.2 cm³/mol. The summed E-state index contributed by atoms with van der Waals surface area (Å²) in [5, 5.41) is 0. The molecule has 0 saturated heterocycles. The molecule has 0 saturated carbocycles. The van der Waals surface area contributed by atoms with Crippen molar-refractivity contribution in [3.8, 4) is 0 Å². The van der Waals surface area contributed by atoms with E-state index in [1.807, 2.05) is 0 Å². The molecule has 0 atom stereocenters. The van der Waals surface area contributed by atoms with E-state index in [9.17, 15) is 0 Å². The zero-order valence-electron chi connectivity index (χ0n) is 7.14. The Balaban J connectivity index is 0.000000162. The summed E-state index contributed by atoms with van der Waals surface area (Å²) >= 11 is 0. The molecule has 0 aromatic heterocycles. The highest BCUT2D eigenvalue weighted by atomic mass is 13.8. The van der Waals surface area contributed by atoms with Gasteiger partial charge < -0.3 is 0 Å². The highest BCUT2D eigenvalue weighted by Crippen LogP contribution is 1.93. The number of allylic oxidation sites excluding steroid dienone is 4. The first-order valence-corrected chi connectivity index (χ1v) is 4.23. The van der Waals surface area contributed by atoms with Gasteiger partial charge in [0.1, 0.15) is 0 Å². The Bertz CT molecular complexity index is 95.4. The molecule has 1 aliphatic carbocycles. The van der Waals surface area contributed by atoms with Gasteiger partial charge in [-0.3, -0.25) is 0 Å². The molecule has 0 fully saturated rings. The molecule has 0 unspecified atom stereocenters. The summed E-state index contributed by atoms with van der Waals surface area (Å²) < 4.78 is 0. The van der Waals surface area contributed by atoms with Crippen LogP contribution in [0, 0.1) is 0 Å². The van der Waals surface area contributed by atoms with Crippen molar-refractivity contribution in [2.45, 2.75) is 19.7 Å². The number of rotatable bonds is 2. The van der Waals surface area contributed by atoms with E-state index in [0.717, 1.165) is 6.42 Å². The first-order valence-electron chi connectivity index (χ1n) is 4.23. The van der Waals surface area contributed by atoms with Crippen LogP contribution in [-0.2, 0) is 0 Å². The predicted octanol–water partition coefficient (Wildman–Crippen LogP) is 0.263. The van der Waals surface area contributed by atoms with Crippen LogP contribution in [0.3, 0.4) is 0 Å². The Morgan fingerprint density at radius 3 is 2.10 bits per heavy atom. The van der Waals surface area contributed by atoms with E-state index in [-0.39, 0.29) is 0 Å². The highest BCUT2D eigenvalue weighted by molar-refractivity contribution is 7.23. The maximum Gasteiger partial charge on any atom is 0.0776 e. The maximum atomic E-state index is 2.21. The van der Waals surface area contributed by atoms with Gasteiger partial charge in [-0.25, -0.2) is 0 Å². The number of hydrogen-bond donors (Lipinski definition) is 0. The molecule has 10 heavy (non-hydrogen) atoms. The average Bonchev–Trinajstić information content (AvgIpc) is 2.44. The van der Waals surface area contributed by atoms with Gasteiger partial charge >= 0.3 is 0 Å².